The van der Waals surface area contributed by atoms with Crippen LogP contribution in [0.3, 0.4) is 0 Å². The van der Waals surface area contributed by atoms with Crippen LogP contribution in [-0.4, -0.2) is 11.3 Å². The summed E-state index contributed by atoms with van der Waals surface area (Å²) in [5.74, 6) is 0.133. The minimum Gasteiger partial charge on any atom is -0.325 e. The van der Waals surface area contributed by atoms with Crippen molar-refractivity contribution in [1.29, 1.82) is 0 Å². The largest absolute Gasteiger partial charge is 0.325 e. The van der Waals surface area contributed by atoms with Gasteiger partial charge in [0.2, 0.25) is 0 Å². The molecule has 0 fully saturated rings. The van der Waals surface area contributed by atoms with Crippen LogP contribution in [0.15, 0.2) is 12.2 Å². The van der Waals surface area contributed by atoms with Gasteiger partial charge in [-0.2, -0.15) is 0 Å². The Labute approximate surface area is 87.6 Å². The van der Waals surface area contributed by atoms with Crippen molar-refractivity contribution in [2.75, 3.05) is 0 Å². The van der Waals surface area contributed by atoms with Crippen molar-refractivity contribution in [3.8, 4) is 0 Å². The molecule has 0 aromatic rings. The van der Waals surface area contributed by atoms with Crippen LogP contribution in [0.5, 0.6) is 0 Å². The molecule has 0 aliphatic rings. The molecule has 0 bridgehead atoms. The van der Waals surface area contributed by atoms with Crippen LogP contribution in [0, 0.1) is 0 Å². The number of rotatable bonds is 7. The lowest BCUT2D eigenvalue weighted by molar-refractivity contribution is -0.115. The second-order valence-corrected chi connectivity index (χ2v) is 4.53. The third-order valence-corrected chi connectivity index (χ3v) is 1.91. The predicted octanol–water partition coefficient (Wildman–Crippen LogP) is 2.82. The third kappa shape index (κ3) is 9.46. The average Bonchev–Trinajstić information content (AvgIpc) is 2.00. The lowest BCUT2D eigenvalue weighted by Crippen LogP contribution is -2.34. The van der Waals surface area contributed by atoms with Gasteiger partial charge in [-0.1, -0.05) is 25.8 Å². The summed E-state index contributed by atoms with van der Waals surface area (Å²) in [4.78, 5) is 11.3. The maximum atomic E-state index is 11.3. The van der Waals surface area contributed by atoms with E-state index < -0.39 is 0 Å². The Balaban J connectivity index is 3.61. The first-order valence-corrected chi connectivity index (χ1v) is 5.44. The molecule has 0 spiro atoms. The van der Waals surface area contributed by atoms with Crippen LogP contribution in [0.4, 0.5) is 0 Å². The predicted molar refractivity (Wildman–Crippen MR) is 61.2 cm³/mol. The van der Waals surface area contributed by atoms with Crippen molar-refractivity contribution in [1.82, 2.24) is 0 Å². The molecule has 82 valence electrons. The zero-order valence-electron chi connectivity index (χ0n) is 9.68. The number of allylic oxidation sites excluding steroid dienone is 2. The fourth-order valence-electron chi connectivity index (χ4n) is 1.23. The first-order valence-electron chi connectivity index (χ1n) is 5.44. The van der Waals surface area contributed by atoms with E-state index in [1.807, 2.05) is 19.9 Å². The minimum atomic E-state index is -0.384. The highest BCUT2D eigenvalue weighted by atomic mass is 16.1. The molecule has 0 aromatic carbocycles. The fourth-order valence-corrected chi connectivity index (χ4v) is 1.23. The van der Waals surface area contributed by atoms with E-state index in [0.29, 0.717) is 6.42 Å². The molecule has 2 nitrogen and oxygen atoms in total. The van der Waals surface area contributed by atoms with Crippen LogP contribution in [0.25, 0.3) is 0 Å². The Kier molecular flexibility index (Phi) is 6.46. The number of ketones is 1. The van der Waals surface area contributed by atoms with Crippen molar-refractivity contribution >= 4 is 5.78 Å². The van der Waals surface area contributed by atoms with Gasteiger partial charge in [0.25, 0.3) is 0 Å². The Bertz CT molecular complexity index is 189. The number of unbranched alkanes of at least 4 members (excludes halogenated alkanes) is 3. The van der Waals surface area contributed by atoms with E-state index in [0.717, 1.165) is 6.42 Å². The summed E-state index contributed by atoms with van der Waals surface area (Å²) >= 11 is 0. The van der Waals surface area contributed by atoms with Crippen molar-refractivity contribution in [3.63, 3.8) is 0 Å². The summed E-state index contributed by atoms with van der Waals surface area (Å²) in [5.41, 5.74) is 5.35. The molecule has 0 amide bonds. The molecule has 0 heterocycles. The van der Waals surface area contributed by atoms with Gasteiger partial charge < -0.3 is 5.73 Å². The SMILES string of the molecule is CCCCCC=CC(=O)CC(C)(C)N. The summed E-state index contributed by atoms with van der Waals surface area (Å²) in [6.07, 6.45) is 8.70. The van der Waals surface area contributed by atoms with E-state index in [1.165, 1.54) is 19.3 Å². The van der Waals surface area contributed by atoms with E-state index in [9.17, 15) is 4.79 Å². The Morgan fingerprint density at radius 3 is 2.50 bits per heavy atom. The summed E-state index contributed by atoms with van der Waals surface area (Å²) in [6, 6.07) is 0. The third-order valence-electron chi connectivity index (χ3n) is 1.91. The second kappa shape index (κ2) is 6.77. The van der Waals surface area contributed by atoms with Gasteiger partial charge in [0.05, 0.1) is 0 Å². The highest BCUT2D eigenvalue weighted by molar-refractivity contribution is 5.90. The van der Waals surface area contributed by atoms with E-state index in [-0.39, 0.29) is 11.3 Å². The molecule has 0 rings (SSSR count). The molecule has 2 heteroatoms. The summed E-state index contributed by atoms with van der Waals surface area (Å²) in [5, 5.41) is 0. The normalized spacial score (nSPS) is 12.3. The number of carbonyl (C=O) groups is 1. The van der Waals surface area contributed by atoms with Gasteiger partial charge in [0.1, 0.15) is 0 Å². The quantitative estimate of drug-likeness (QED) is 0.504. The lowest BCUT2D eigenvalue weighted by Gasteiger charge is -2.15. The molecular formula is C12H23NO. The lowest BCUT2D eigenvalue weighted by atomic mass is 9.99. The van der Waals surface area contributed by atoms with Crippen molar-refractivity contribution < 1.29 is 4.79 Å². The zero-order chi connectivity index (χ0) is 11.0. The molecule has 0 aromatic heterocycles. The summed E-state index contributed by atoms with van der Waals surface area (Å²) < 4.78 is 0. The number of nitrogens with two attached hydrogens (primary N) is 1. The molecule has 0 radical (unpaired) electrons. The topological polar surface area (TPSA) is 43.1 Å². The summed E-state index contributed by atoms with van der Waals surface area (Å²) in [6.45, 7) is 5.91. The molecule has 0 saturated heterocycles. The Morgan fingerprint density at radius 1 is 1.36 bits per heavy atom. The zero-order valence-corrected chi connectivity index (χ0v) is 9.68. The average molecular weight is 197 g/mol. The smallest absolute Gasteiger partial charge is 0.157 e. The molecule has 0 atom stereocenters. The number of hydrogen-bond acceptors (Lipinski definition) is 2. The van der Waals surface area contributed by atoms with Crippen LogP contribution in [0.1, 0.15) is 52.9 Å². The van der Waals surface area contributed by atoms with Crippen LogP contribution >= 0.6 is 0 Å². The first-order chi connectivity index (χ1) is 6.45. The molecule has 14 heavy (non-hydrogen) atoms. The van der Waals surface area contributed by atoms with E-state index >= 15 is 0 Å². The van der Waals surface area contributed by atoms with Gasteiger partial charge in [0.15, 0.2) is 5.78 Å². The first kappa shape index (κ1) is 13.4. The van der Waals surface area contributed by atoms with Gasteiger partial charge in [0, 0.05) is 12.0 Å². The second-order valence-electron chi connectivity index (χ2n) is 4.53. The molecular weight excluding hydrogens is 174 g/mol. The van der Waals surface area contributed by atoms with Gasteiger partial charge in [-0.05, 0) is 32.8 Å². The van der Waals surface area contributed by atoms with E-state index in [2.05, 4.69) is 6.92 Å². The fraction of sp³-hybridized carbons (Fsp3) is 0.750. The highest BCUT2D eigenvalue weighted by Crippen LogP contribution is 2.05. The maximum absolute atomic E-state index is 11.3. The van der Waals surface area contributed by atoms with Crippen LogP contribution in [-0.2, 0) is 4.79 Å². The standard InChI is InChI=1S/C12H23NO/c1-4-5-6-7-8-9-11(14)10-12(2,3)13/h8-9H,4-7,10,13H2,1-3H3. The number of carbonyl (C=O) groups excluding carboxylic acids is 1. The Hall–Kier alpha value is -0.630. The van der Waals surface area contributed by atoms with Crippen molar-refractivity contribution in [2.45, 2.75) is 58.4 Å². The molecule has 0 unspecified atom stereocenters. The minimum absolute atomic E-state index is 0.133. The van der Waals surface area contributed by atoms with Crippen molar-refractivity contribution in [3.05, 3.63) is 12.2 Å². The summed E-state index contributed by atoms with van der Waals surface area (Å²) in [7, 11) is 0. The van der Waals surface area contributed by atoms with Crippen LogP contribution in [0.2, 0.25) is 0 Å². The van der Waals surface area contributed by atoms with Gasteiger partial charge >= 0.3 is 0 Å². The van der Waals surface area contributed by atoms with Gasteiger partial charge in [-0.15, -0.1) is 0 Å². The highest BCUT2D eigenvalue weighted by Gasteiger charge is 2.13. The molecule has 2 N–H and O–H groups in total. The molecule has 0 aliphatic carbocycles. The maximum Gasteiger partial charge on any atom is 0.157 e. The number of hydrogen-bond donors (Lipinski definition) is 1. The van der Waals surface area contributed by atoms with Crippen LogP contribution < -0.4 is 5.73 Å². The van der Waals surface area contributed by atoms with Gasteiger partial charge in [-0.3, -0.25) is 4.79 Å². The van der Waals surface area contributed by atoms with E-state index in [1.54, 1.807) is 6.08 Å². The molecule has 0 saturated carbocycles. The Morgan fingerprint density at radius 2 is 2.00 bits per heavy atom. The van der Waals surface area contributed by atoms with Crippen molar-refractivity contribution in [2.24, 2.45) is 5.73 Å². The van der Waals surface area contributed by atoms with Gasteiger partial charge in [-0.25, -0.2) is 0 Å². The monoisotopic (exact) mass is 197 g/mol. The van der Waals surface area contributed by atoms with E-state index in [4.69, 9.17) is 5.73 Å². The molecule has 0 aliphatic heterocycles.